The molecule has 0 amide bonds. The van der Waals surface area contributed by atoms with Crippen molar-refractivity contribution >= 4 is 9.84 Å². The molecule has 0 saturated carbocycles. The number of rotatable bonds is 6. The van der Waals surface area contributed by atoms with Gasteiger partial charge in [0.25, 0.3) is 0 Å². The highest BCUT2D eigenvalue weighted by Gasteiger charge is 2.09. The summed E-state index contributed by atoms with van der Waals surface area (Å²) < 4.78 is 22.4. The van der Waals surface area contributed by atoms with Crippen molar-refractivity contribution in [2.24, 2.45) is 0 Å². The summed E-state index contributed by atoms with van der Waals surface area (Å²) in [4.78, 5) is 2.01. The highest BCUT2D eigenvalue weighted by Crippen LogP contribution is 1.94. The van der Waals surface area contributed by atoms with Gasteiger partial charge in [0.05, 0.1) is 5.75 Å². The van der Waals surface area contributed by atoms with Gasteiger partial charge in [0.15, 0.2) is 9.84 Å². The molecule has 0 aliphatic carbocycles. The molecular weight excluding hydrogens is 174 g/mol. The SMILES string of the molecule is CCCS(=O)(=O)CCN(C)CC. The van der Waals surface area contributed by atoms with E-state index in [9.17, 15) is 8.42 Å². The molecule has 0 heterocycles. The minimum atomic E-state index is -2.78. The molecular formula is C8H19NO2S. The number of nitrogens with zero attached hydrogens (tertiary/aromatic N) is 1. The Balaban J connectivity index is 3.76. The van der Waals surface area contributed by atoms with Gasteiger partial charge in [-0.25, -0.2) is 8.42 Å². The van der Waals surface area contributed by atoms with Crippen LogP contribution in [0.2, 0.25) is 0 Å². The Morgan fingerprint density at radius 3 is 2.17 bits per heavy atom. The highest BCUT2D eigenvalue weighted by molar-refractivity contribution is 7.91. The third-order valence-electron chi connectivity index (χ3n) is 1.84. The van der Waals surface area contributed by atoms with Gasteiger partial charge in [0.2, 0.25) is 0 Å². The van der Waals surface area contributed by atoms with Gasteiger partial charge < -0.3 is 4.90 Å². The Morgan fingerprint density at radius 1 is 1.17 bits per heavy atom. The lowest BCUT2D eigenvalue weighted by Gasteiger charge is -2.12. The molecule has 0 aliphatic heterocycles. The van der Waals surface area contributed by atoms with Gasteiger partial charge in [-0.05, 0) is 20.0 Å². The third-order valence-corrected chi connectivity index (χ3v) is 3.67. The molecule has 0 rings (SSSR count). The summed E-state index contributed by atoms with van der Waals surface area (Å²) in [6, 6.07) is 0. The first-order chi connectivity index (χ1) is 5.52. The van der Waals surface area contributed by atoms with E-state index in [1.807, 2.05) is 25.8 Å². The second kappa shape index (κ2) is 5.54. The topological polar surface area (TPSA) is 37.4 Å². The van der Waals surface area contributed by atoms with Crippen molar-refractivity contribution < 1.29 is 8.42 Å². The Morgan fingerprint density at radius 2 is 1.75 bits per heavy atom. The normalized spacial score (nSPS) is 12.3. The molecule has 0 aromatic carbocycles. The van der Waals surface area contributed by atoms with Crippen LogP contribution in [0.4, 0.5) is 0 Å². The van der Waals surface area contributed by atoms with Gasteiger partial charge in [-0.15, -0.1) is 0 Å². The second-order valence-corrected chi connectivity index (χ2v) is 5.35. The van der Waals surface area contributed by atoms with E-state index in [-0.39, 0.29) is 0 Å². The zero-order valence-electron chi connectivity index (χ0n) is 8.21. The van der Waals surface area contributed by atoms with E-state index in [2.05, 4.69) is 0 Å². The summed E-state index contributed by atoms with van der Waals surface area (Å²) in [6.45, 7) is 5.47. The summed E-state index contributed by atoms with van der Waals surface area (Å²) in [5.41, 5.74) is 0. The average Bonchev–Trinajstić information content (AvgIpc) is 2.00. The van der Waals surface area contributed by atoms with Crippen molar-refractivity contribution in [3.63, 3.8) is 0 Å². The lowest BCUT2D eigenvalue weighted by atomic mass is 10.6. The predicted octanol–water partition coefficient (Wildman–Crippen LogP) is 0.763. The average molecular weight is 193 g/mol. The van der Waals surface area contributed by atoms with Crippen LogP contribution in [-0.2, 0) is 9.84 Å². The molecule has 0 aromatic heterocycles. The standard InChI is InChI=1S/C8H19NO2S/c1-4-7-12(10,11)8-6-9(3)5-2/h4-8H2,1-3H3. The zero-order chi connectivity index (χ0) is 9.61. The molecule has 0 aliphatic rings. The lowest BCUT2D eigenvalue weighted by molar-refractivity contribution is 0.373. The van der Waals surface area contributed by atoms with Crippen molar-refractivity contribution in [1.82, 2.24) is 4.90 Å². The molecule has 0 bridgehead atoms. The molecule has 74 valence electrons. The largest absolute Gasteiger partial charge is 0.306 e. The minimum Gasteiger partial charge on any atom is -0.306 e. The van der Waals surface area contributed by atoms with Crippen LogP contribution in [0.25, 0.3) is 0 Å². The van der Waals surface area contributed by atoms with Crippen LogP contribution in [0.5, 0.6) is 0 Å². The van der Waals surface area contributed by atoms with Crippen LogP contribution in [0, 0.1) is 0 Å². The van der Waals surface area contributed by atoms with E-state index < -0.39 is 9.84 Å². The first kappa shape index (κ1) is 11.9. The Labute approximate surface area is 75.7 Å². The lowest BCUT2D eigenvalue weighted by Crippen LogP contribution is -2.26. The van der Waals surface area contributed by atoms with Crippen LogP contribution in [0.3, 0.4) is 0 Å². The molecule has 3 nitrogen and oxygen atoms in total. The highest BCUT2D eigenvalue weighted by atomic mass is 32.2. The van der Waals surface area contributed by atoms with Crippen molar-refractivity contribution in [1.29, 1.82) is 0 Å². The predicted molar refractivity (Wildman–Crippen MR) is 52.1 cm³/mol. The molecule has 0 atom stereocenters. The van der Waals surface area contributed by atoms with E-state index in [1.54, 1.807) is 0 Å². The van der Waals surface area contributed by atoms with Gasteiger partial charge in [-0.1, -0.05) is 13.8 Å². The smallest absolute Gasteiger partial charge is 0.151 e. The fraction of sp³-hybridized carbons (Fsp3) is 1.00. The van der Waals surface area contributed by atoms with Gasteiger partial charge in [-0.3, -0.25) is 0 Å². The van der Waals surface area contributed by atoms with E-state index in [0.717, 1.165) is 13.0 Å². The maximum absolute atomic E-state index is 11.2. The number of sulfone groups is 1. The van der Waals surface area contributed by atoms with E-state index in [0.29, 0.717) is 18.1 Å². The molecule has 0 N–H and O–H groups in total. The van der Waals surface area contributed by atoms with Gasteiger partial charge in [0.1, 0.15) is 0 Å². The van der Waals surface area contributed by atoms with Crippen molar-refractivity contribution in [2.45, 2.75) is 20.3 Å². The van der Waals surface area contributed by atoms with Crippen LogP contribution in [0.1, 0.15) is 20.3 Å². The quantitative estimate of drug-likeness (QED) is 0.625. The molecule has 4 heteroatoms. The molecule has 12 heavy (non-hydrogen) atoms. The zero-order valence-corrected chi connectivity index (χ0v) is 9.02. The fourth-order valence-electron chi connectivity index (χ4n) is 0.866. The molecule has 0 aromatic rings. The Bertz CT molecular complexity index is 199. The monoisotopic (exact) mass is 193 g/mol. The first-order valence-corrected chi connectivity index (χ1v) is 6.23. The third kappa shape index (κ3) is 5.55. The first-order valence-electron chi connectivity index (χ1n) is 4.40. The van der Waals surface area contributed by atoms with E-state index in [4.69, 9.17) is 0 Å². The van der Waals surface area contributed by atoms with Crippen LogP contribution < -0.4 is 0 Å². The fourth-order valence-corrected chi connectivity index (χ4v) is 2.28. The van der Waals surface area contributed by atoms with Gasteiger partial charge >= 0.3 is 0 Å². The Kier molecular flexibility index (Phi) is 5.50. The second-order valence-electron chi connectivity index (χ2n) is 3.05. The minimum absolute atomic E-state index is 0.297. The molecule has 0 saturated heterocycles. The summed E-state index contributed by atoms with van der Waals surface area (Å²) in [5, 5.41) is 0. The summed E-state index contributed by atoms with van der Waals surface area (Å²) in [6.07, 6.45) is 0.720. The molecule has 0 fully saturated rings. The summed E-state index contributed by atoms with van der Waals surface area (Å²) in [7, 11) is -0.846. The van der Waals surface area contributed by atoms with E-state index >= 15 is 0 Å². The Hall–Kier alpha value is -0.0900. The van der Waals surface area contributed by atoms with Crippen LogP contribution in [-0.4, -0.2) is 45.0 Å². The van der Waals surface area contributed by atoms with Crippen LogP contribution in [0.15, 0.2) is 0 Å². The number of hydrogen-bond donors (Lipinski definition) is 0. The van der Waals surface area contributed by atoms with E-state index in [1.165, 1.54) is 0 Å². The summed E-state index contributed by atoms with van der Waals surface area (Å²) in [5.74, 6) is 0.621. The van der Waals surface area contributed by atoms with Crippen molar-refractivity contribution in [2.75, 3.05) is 31.6 Å². The molecule has 0 radical (unpaired) electrons. The maximum Gasteiger partial charge on any atom is 0.151 e. The molecule has 0 spiro atoms. The van der Waals surface area contributed by atoms with Crippen LogP contribution >= 0.6 is 0 Å². The van der Waals surface area contributed by atoms with Crippen molar-refractivity contribution in [3.8, 4) is 0 Å². The molecule has 0 unspecified atom stereocenters. The van der Waals surface area contributed by atoms with Gasteiger partial charge in [-0.2, -0.15) is 0 Å². The maximum atomic E-state index is 11.2. The summed E-state index contributed by atoms with van der Waals surface area (Å²) >= 11 is 0. The van der Waals surface area contributed by atoms with Gasteiger partial charge in [0, 0.05) is 12.3 Å². The number of hydrogen-bond acceptors (Lipinski definition) is 3. The van der Waals surface area contributed by atoms with Crippen molar-refractivity contribution in [3.05, 3.63) is 0 Å².